The van der Waals surface area contributed by atoms with Crippen molar-refractivity contribution in [1.82, 2.24) is 15.0 Å². The van der Waals surface area contributed by atoms with Gasteiger partial charge >= 0.3 is 6.03 Å². The summed E-state index contributed by atoms with van der Waals surface area (Å²) < 4.78 is 20.7. The van der Waals surface area contributed by atoms with Crippen LogP contribution >= 0.6 is 0 Å². The third-order valence-corrected chi connectivity index (χ3v) is 5.12. The van der Waals surface area contributed by atoms with Crippen molar-refractivity contribution in [2.45, 2.75) is 51.1 Å². The minimum absolute atomic E-state index is 0.00316. The lowest BCUT2D eigenvalue weighted by atomic mass is 9.94. The second kappa shape index (κ2) is 6.37. The van der Waals surface area contributed by atoms with E-state index in [2.05, 4.69) is 15.5 Å². The zero-order chi connectivity index (χ0) is 18.3. The Bertz CT molecular complexity index is 833. The van der Waals surface area contributed by atoms with Gasteiger partial charge in [-0.05, 0) is 51.2 Å². The molecule has 2 aliphatic rings. The molecule has 1 aromatic heterocycles. The van der Waals surface area contributed by atoms with Crippen LogP contribution in [-0.4, -0.2) is 34.2 Å². The molecule has 0 radical (unpaired) electrons. The molecule has 1 N–H and O–H groups in total. The Morgan fingerprint density at radius 3 is 2.92 bits per heavy atom. The van der Waals surface area contributed by atoms with Crippen molar-refractivity contribution >= 4 is 11.7 Å². The number of carbonyl (C=O) groups is 1. The number of hydrogen-bond donors (Lipinski definition) is 1. The number of halogens is 1. The molecule has 1 saturated heterocycles. The number of amides is 2. The highest BCUT2D eigenvalue weighted by Crippen LogP contribution is 2.41. The molecule has 0 spiro atoms. The Morgan fingerprint density at radius 1 is 1.38 bits per heavy atom. The number of urea groups is 1. The molecule has 0 bridgehead atoms. The Morgan fingerprint density at radius 2 is 2.19 bits per heavy atom. The highest BCUT2D eigenvalue weighted by Gasteiger charge is 2.44. The molecule has 1 saturated carbocycles. The van der Waals surface area contributed by atoms with Crippen LogP contribution in [0.2, 0.25) is 0 Å². The minimum Gasteiger partial charge on any atom is -0.336 e. The molecule has 2 amide bonds. The van der Waals surface area contributed by atoms with Gasteiger partial charge in [0.25, 0.3) is 5.89 Å². The van der Waals surface area contributed by atoms with E-state index in [4.69, 9.17) is 4.52 Å². The summed E-state index contributed by atoms with van der Waals surface area (Å²) in [5.41, 5.74) is 1.07. The van der Waals surface area contributed by atoms with Gasteiger partial charge in [0.2, 0.25) is 5.67 Å². The van der Waals surface area contributed by atoms with Crippen LogP contribution < -0.4 is 5.32 Å². The molecule has 7 heteroatoms. The fraction of sp³-hybridized carbons (Fsp3) is 0.526. The largest absolute Gasteiger partial charge is 0.336 e. The van der Waals surface area contributed by atoms with E-state index in [0.29, 0.717) is 24.7 Å². The van der Waals surface area contributed by atoms with Crippen LogP contribution in [0.4, 0.5) is 14.9 Å². The Kier molecular flexibility index (Phi) is 4.17. The second-order valence-corrected chi connectivity index (χ2v) is 7.47. The predicted octanol–water partition coefficient (Wildman–Crippen LogP) is 4.06. The maximum atomic E-state index is 15.5. The molecule has 1 aromatic carbocycles. The lowest BCUT2D eigenvalue weighted by molar-refractivity contribution is 0.0333. The van der Waals surface area contributed by atoms with E-state index in [1.165, 1.54) is 4.90 Å². The summed E-state index contributed by atoms with van der Waals surface area (Å²) in [6, 6.07) is 5.51. The van der Waals surface area contributed by atoms with Gasteiger partial charge in [-0.15, -0.1) is 0 Å². The smallest absolute Gasteiger partial charge is 0.321 e. The van der Waals surface area contributed by atoms with Gasteiger partial charge in [0.15, 0.2) is 5.82 Å². The van der Waals surface area contributed by atoms with Crippen molar-refractivity contribution < 1.29 is 13.7 Å². The lowest BCUT2D eigenvalue weighted by Gasteiger charge is -2.35. The third kappa shape index (κ3) is 3.30. The molecule has 2 fully saturated rings. The number of likely N-dealkylation sites (tertiary alicyclic amines) is 1. The zero-order valence-electron chi connectivity index (χ0n) is 15.1. The van der Waals surface area contributed by atoms with Crippen molar-refractivity contribution in [3.8, 4) is 0 Å². The van der Waals surface area contributed by atoms with Crippen molar-refractivity contribution in [3.63, 3.8) is 0 Å². The lowest BCUT2D eigenvalue weighted by Crippen LogP contribution is -2.48. The van der Waals surface area contributed by atoms with Gasteiger partial charge in [0, 0.05) is 18.2 Å². The van der Waals surface area contributed by atoms with Gasteiger partial charge < -0.3 is 14.7 Å². The number of rotatable bonds is 3. The number of aryl methyl sites for hydroxylation is 2. The molecule has 4 rings (SSSR count). The quantitative estimate of drug-likeness (QED) is 0.898. The summed E-state index contributed by atoms with van der Waals surface area (Å²) in [6.45, 7) is 4.37. The number of anilines is 1. The molecule has 2 heterocycles. The van der Waals surface area contributed by atoms with E-state index in [1.54, 1.807) is 0 Å². The number of piperidine rings is 1. The number of alkyl halides is 1. The molecular formula is C19H23FN4O2. The summed E-state index contributed by atoms with van der Waals surface area (Å²) in [6.07, 6.45) is 2.90. The third-order valence-electron chi connectivity index (χ3n) is 5.12. The fourth-order valence-corrected chi connectivity index (χ4v) is 3.43. The van der Waals surface area contributed by atoms with Crippen molar-refractivity contribution in [3.05, 3.63) is 41.0 Å². The molecule has 1 unspecified atom stereocenters. The highest BCUT2D eigenvalue weighted by atomic mass is 19.1. The molecule has 1 atom stereocenters. The van der Waals surface area contributed by atoms with Gasteiger partial charge in [-0.2, -0.15) is 4.98 Å². The van der Waals surface area contributed by atoms with E-state index in [9.17, 15) is 4.79 Å². The van der Waals surface area contributed by atoms with Crippen LogP contribution in [0.25, 0.3) is 0 Å². The normalized spacial score (nSPS) is 23.1. The zero-order valence-corrected chi connectivity index (χ0v) is 15.1. The first-order valence-corrected chi connectivity index (χ1v) is 9.11. The summed E-state index contributed by atoms with van der Waals surface area (Å²) in [4.78, 5) is 18.4. The first kappa shape index (κ1) is 17.0. The SMILES string of the molecule is Cc1ccc(NC(=O)N2CCCC(F)(c3nc(C4CC4)no3)C2)c(C)c1. The van der Waals surface area contributed by atoms with Crippen molar-refractivity contribution in [1.29, 1.82) is 0 Å². The fourth-order valence-electron chi connectivity index (χ4n) is 3.43. The monoisotopic (exact) mass is 358 g/mol. The Balaban J connectivity index is 1.47. The Labute approximate surface area is 151 Å². The molecule has 26 heavy (non-hydrogen) atoms. The van der Waals surface area contributed by atoms with E-state index in [1.807, 2.05) is 32.0 Å². The maximum absolute atomic E-state index is 15.5. The van der Waals surface area contributed by atoms with Crippen molar-refractivity contribution in [2.75, 3.05) is 18.4 Å². The average molecular weight is 358 g/mol. The molecular weight excluding hydrogens is 335 g/mol. The van der Waals surface area contributed by atoms with E-state index >= 15 is 4.39 Å². The summed E-state index contributed by atoms with van der Waals surface area (Å²) in [5.74, 6) is 0.904. The maximum Gasteiger partial charge on any atom is 0.321 e. The standard InChI is InChI=1S/C19H23FN4O2/c1-12-4-7-15(13(2)10-12)21-18(25)24-9-3-8-19(20,11-24)17-22-16(23-26-17)14-5-6-14/h4,7,10,14H,3,5-6,8-9,11H2,1-2H3,(H,21,25). The van der Waals surface area contributed by atoms with E-state index in [-0.39, 0.29) is 24.9 Å². The van der Waals surface area contributed by atoms with Crippen LogP contribution in [0.3, 0.4) is 0 Å². The summed E-state index contributed by atoms with van der Waals surface area (Å²) >= 11 is 0. The number of carbonyl (C=O) groups excluding carboxylic acids is 1. The first-order chi connectivity index (χ1) is 12.4. The predicted molar refractivity (Wildman–Crippen MR) is 94.8 cm³/mol. The van der Waals surface area contributed by atoms with Gasteiger partial charge in [0.1, 0.15) is 0 Å². The number of hydrogen-bond acceptors (Lipinski definition) is 4. The molecule has 138 valence electrons. The number of nitrogens with zero attached hydrogens (tertiary/aromatic N) is 3. The molecule has 1 aliphatic heterocycles. The highest BCUT2D eigenvalue weighted by molar-refractivity contribution is 5.90. The van der Waals surface area contributed by atoms with E-state index in [0.717, 1.165) is 29.7 Å². The van der Waals surface area contributed by atoms with Crippen LogP contribution in [0.15, 0.2) is 22.7 Å². The topological polar surface area (TPSA) is 71.3 Å². The number of benzene rings is 1. The molecule has 1 aliphatic carbocycles. The number of aromatic nitrogens is 2. The van der Waals surface area contributed by atoms with Gasteiger partial charge in [-0.1, -0.05) is 22.9 Å². The second-order valence-electron chi connectivity index (χ2n) is 7.47. The molecule has 2 aromatic rings. The van der Waals surface area contributed by atoms with E-state index < -0.39 is 5.67 Å². The molecule has 6 nitrogen and oxygen atoms in total. The van der Waals surface area contributed by atoms with Gasteiger partial charge in [0.05, 0.1) is 6.54 Å². The van der Waals surface area contributed by atoms with Crippen LogP contribution in [0, 0.1) is 13.8 Å². The first-order valence-electron chi connectivity index (χ1n) is 9.11. The summed E-state index contributed by atoms with van der Waals surface area (Å²) in [7, 11) is 0. The Hall–Kier alpha value is -2.44. The van der Waals surface area contributed by atoms with Gasteiger partial charge in [-0.25, -0.2) is 9.18 Å². The van der Waals surface area contributed by atoms with Crippen LogP contribution in [0.5, 0.6) is 0 Å². The van der Waals surface area contributed by atoms with Crippen LogP contribution in [-0.2, 0) is 5.67 Å². The average Bonchev–Trinajstić information content (AvgIpc) is 3.33. The van der Waals surface area contributed by atoms with Gasteiger partial charge in [-0.3, -0.25) is 0 Å². The summed E-state index contributed by atoms with van der Waals surface area (Å²) in [5, 5.41) is 6.79. The number of nitrogens with one attached hydrogen (secondary N) is 1. The minimum atomic E-state index is -1.78. The van der Waals surface area contributed by atoms with Crippen molar-refractivity contribution in [2.24, 2.45) is 0 Å². The van der Waals surface area contributed by atoms with Crippen LogP contribution in [0.1, 0.15) is 54.4 Å².